The molecule has 184 valence electrons. The van der Waals surface area contributed by atoms with Crippen molar-refractivity contribution in [2.45, 2.75) is 38.8 Å². The summed E-state index contributed by atoms with van der Waals surface area (Å²) in [6, 6.07) is 31.7. The summed E-state index contributed by atoms with van der Waals surface area (Å²) >= 11 is 3.48. The monoisotopic (exact) mass is 542 g/mol. The number of hydrogen-bond acceptors (Lipinski definition) is 2. The summed E-state index contributed by atoms with van der Waals surface area (Å²) in [5.41, 5.74) is 3.15. The molecule has 36 heavy (non-hydrogen) atoms. The van der Waals surface area contributed by atoms with Gasteiger partial charge in [-0.3, -0.25) is 9.59 Å². The highest BCUT2D eigenvalue weighted by atomic mass is 79.9. The topological polar surface area (TPSA) is 49.4 Å². The van der Waals surface area contributed by atoms with Crippen LogP contribution in [0.2, 0.25) is 0 Å². The molecule has 0 heterocycles. The van der Waals surface area contributed by atoms with E-state index in [9.17, 15) is 9.59 Å². The summed E-state index contributed by atoms with van der Waals surface area (Å²) in [5, 5.41) is 5.28. The number of carbonyl (C=O) groups excluding carboxylic acids is 2. The Morgan fingerprint density at radius 3 is 2.28 bits per heavy atom. The molecule has 0 bridgehead atoms. The second kappa shape index (κ2) is 12.5. The first-order valence-corrected chi connectivity index (χ1v) is 13.2. The minimum absolute atomic E-state index is 0.0296. The van der Waals surface area contributed by atoms with E-state index >= 15 is 0 Å². The molecule has 0 saturated heterocycles. The van der Waals surface area contributed by atoms with E-state index in [1.165, 1.54) is 5.39 Å². The van der Waals surface area contributed by atoms with Crippen molar-refractivity contribution in [3.8, 4) is 0 Å². The lowest BCUT2D eigenvalue weighted by Crippen LogP contribution is -2.50. The second-order valence-electron chi connectivity index (χ2n) is 8.89. The average molecular weight is 544 g/mol. The Labute approximate surface area is 221 Å². The Morgan fingerprint density at radius 1 is 0.833 bits per heavy atom. The summed E-state index contributed by atoms with van der Waals surface area (Å²) in [6.45, 7) is 2.79. The smallest absolute Gasteiger partial charge is 0.243 e. The molecule has 4 aromatic rings. The van der Waals surface area contributed by atoms with Gasteiger partial charge in [-0.25, -0.2) is 0 Å². The normalized spacial score (nSPS) is 11.7. The largest absolute Gasteiger partial charge is 0.355 e. The van der Waals surface area contributed by atoms with Gasteiger partial charge in [0, 0.05) is 30.4 Å². The predicted octanol–water partition coefficient (Wildman–Crippen LogP) is 6.31. The summed E-state index contributed by atoms with van der Waals surface area (Å²) < 4.78 is 0.977. The number of fused-ring (bicyclic) bond motifs is 1. The first kappa shape index (κ1) is 25.6. The highest BCUT2D eigenvalue weighted by Crippen LogP contribution is 2.22. The van der Waals surface area contributed by atoms with Gasteiger partial charge in [0.2, 0.25) is 11.8 Å². The third-order valence-electron chi connectivity index (χ3n) is 6.38. The van der Waals surface area contributed by atoms with E-state index in [-0.39, 0.29) is 11.8 Å². The number of nitrogens with one attached hydrogen (secondary N) is 1. The number of hydrogen-bond donors (Lipinski definition) is 1. The van der Waals surface area contributed by atoms with Crippen LogP contribution < -0.4 is 5.32 Å². The van der Waals surface area contributed by atoms with E-state index < -0.39 is 6.04 Å². The SMILES string of the molecule is CCNC(=O)[C@@H](Cc1ccccc1)N(Cc1ccc(Br)cc1)C(=O)CCc1cccc2ccccc12. The molecule has 5 heteroatoms. The van der Waals surface area contributed by atoms with E-state index in [2.05, 4.69) is 45.5 Å². The molecule has 0 radical (unpaired) electrons. The predicted molar refractivity (Wildman–Crippen MR) is 150 cm³/mol. The van der Waals surface area contributed by atoms with Crippen LogP contribution in [0.1, 0.15) is 30.0 Å². The lowest BCUT2D eigenvalue weighted by molar-refractivity contribution is -0.141. The summed E-state index contributed by atoms with van der Waals surface area (Å²) in [6.07, 6.45) is 1.41. The van der Waals surface area contributed by atoms with Gasteiger partial charge in [0.15, 0.2) is 0 Å². The zero-order valence-electron chi connectivity index (χ0n) is 20.5. The van der Waals surface area contributed by atoms with Crippen molar-refractivity contribution in [1.29, 1.82) is 0 Å². The molecule has 0 saturated carbocycles. The number of likely N-dealkylation sites (N-methyl/N-ethyl adjacent to an activating group) is 1. The molecule has 0 aliphatic heterocycles. The standard InChI is InChI=1S/C31H31BrN2O2/c1-2-33-31(36)29(21-23-9-4-3-5-10-23)34(22-24-15-18-27(32)19-16-24)30(35)20-17-26-13-8-12-25-11-6-7-14-28(25)26/h3-16,18-19,29H,2,17,20-22H2,1H3,(H,33,36)/t29-/m1/s1. The summed E-state index contributed by atoms with van der Waals surface area (Å²) in [5.74, 6) is -0.157. The molecular formula is C31H31BrN2O2. The Balaban J connectivity index is 1.62. The van der Waals surface area contributed by atoms with Crippen LogP contribution in [0.15, 0.2) is 102 Å². The molecule has 1 N–H and O–H groups in total. The molecule has 4 nitrogen and oxygen atoms in total. The molecule has 0 aliphatic carbocycles. The fourth-order valence-electron chi connectivity index (χ4n) is 4.53. The number of nitrogens with zero attached hydrogens (tertiary/aromatic N) is 1. The van der Waals surface area contributed by atoms with Gasteiger partial charge in [-0.05, 0) is 52.9 Å². The number of aryl methyl sites for hydroxylation is 1. The Morgan fingerprint density at radius 2 is 1.53 bits per heavy atom. The first-order valence-electron chi connectivity index (χ1n) is 12.4. The van der Waals surface area contributed by atoms with E-state index in [0.717, 1.165) is 26.5 Å². The molecule has 0 spiro atoms. The van der Waals surface area contributed by atoms with Crippen molar-refractivity contribution in [2.24, 2.45) is 0 Å². The Hall–Kier alpha value is -3.44. The molecule has 4 aromatic carbocycles. The highest BCUT2D eigenvalue weighted by molar-refractivity contribution is 9.10. The van der Waals surface area contributed by atoms with E-state index in [0.29, 0.717) is 32.4 Å². The molecule has 4 rings (SSSR count). The lowest BCUT2D eigenvalue weighted by Gasteiger charge is -2.31. The van der Waals surface area contributed by atoms with Crippen LogP contribution in [0.3, 0.4) is 0 Å². The molecule has 2 amide bonds. The number of amides is 2. The van der Waals surface area contributed by atoms with Crippen LogP contribution >= 0.6 is 15.9 Å². The minimum atomic E-state index is -0.601. The van der Waals surface area contributed by atoms with Gasteiger partial charge in [-0.2, -0.15) is 0 Å². The maximum absolute atomic E-state index is 13.8. The number of halogens is 1. The maximum Gasteiger partial charge on any atom is 0.243 e. The van der Waals surface area contributed by atoms with Crippen molar-refractivity contribution < 1.29 is 9.59 Å². The van der Waals surface area contributed by atoms with Crippen LogP contribution in [0, 0.1) is 0 Å². The zero-order chi connectivity index (χ0) is 25.3. The maximum atomic E-state index is 13.8. The zero-order valence-corrected chi connectivity index (χ0v) is 22.1. The number of rotatable bonds is 10. The van der Waals surface area contributed by atoms with Crippen molar-refractivity contribution in [2.75, 3.05) is 6.54 Å². The van der Waals surface area contributed by atoms with Gasteiger partial charge in [0.1, 0.15) is 6.04 Å². The second-order valence-corrected chi connectivity index (χ2v) is 9.80. The van der Waals surface area contributed by atoms with Crippen LogP contribution in [-0.4, -0.2) is 29.3 Å². The van der Waals surface area contributed by atoms with Gasteiger partial charge in [0.25, 0.3) is 0 Å². The van der Waals surface area contributed by atoms with Gasteiger partial charge < -0.3 is 10.2 Å². The highest BCUT2D eigenvalue weighted by Gasteiger charge is 2.30. The minimum Gasteiger partial charge on any atom is -0.355 e. The van der Waals surface area contributed by atoms with Crippen LogP contribution in [0.4, 0.5) is 0 Å². The molecule has 0 aliphatic rings. The third kappa shape index (κ3) is 6.61. The lowest BCUT2D eigenvalue weighted by atomic mass is 9.99. The van der Waals surface area contributed by atoms with E-state index in [1.807, 2.05) is 79.7 Å². The van der Waals surface area contributed by atoms with Gasteiger partial charge in [-0.1, -0.05) is 101 Å². The number of benzene rings is 4. The molecule has 0 aromatic heterocycles. The number of carbonyl (C=O) groups is 2. The molecule has 1 atom stereocenters. The first-order chi connectivity index (χ1) is 17.5. The van der Waals surface area contributed by atoms with Crippen molar-refractivity contribution in [1.82, 2.24) is 10.2 Å². The average Bonchev–Trinajstić information content (AvgIpc) is 2.91. The van der Waals surface area contributed by atoms with Gasteiger partial charge in [0.05, 0.1) is 0 Å². The van der Waals surface area contributed by atoms with Crippen molar-refractivity contribution >= 4 is 38.5 Å². The van der Waals surface area contributed by atoms with Crippen LogP contribution in [0.25, 0.3) is 10.8 Å². The van der Waals surface area contributed by atoms with E-state index in [4.69, 9.17) is 0 Å². The van der Waals surface area contributed by atoms with Gasteiger partial charge in [-0.15, -0.1) is 0 Å². The summed E-state index contributed by atoms with van der Waals surface area (Å²) in [7, 11) is 0. The van der Waals surface area contributed by atoms with Crippen molar-refractivity contribution in [3.63, 3.8) is 0 Å². The van der Waals surface area contributed by atoms with Crippen LogP contribution in [-0.2, 0) is 29.0 Å². The van der Waals surface area contributed by atoms with Gasteiger partial charge >= 0.3 is 0 Å². The summed E-state index contributed by atoms with van der Waals surface area (Å²) in [4.78, 5) is 28.8. The molecule has 0 unspecified atom stereocenters. The Bertz CT molecular complexity index is 1300. The quantitative estimate of drug-likeness (QED) is 0.255. The fraction of sp³-hybridized carbons (Fsp3) is 0.226. The Kier molecular flexibility index (Phi) is 8.90. The molecule has 0 fully saturated rings. The third-order valence-corrected chi connectivity index (χ3v) is 6.91. The van der Waals surface area contributed by atoms with Crippen LogP contribution in [0.5, 0.6) is 0 Å². The molecular weight excluding hydrogens is 512 g/mol. The van der Waals surface area contributed by atoms with E-state index in [1.54, 1.807) is 4.90 Å². The van der Waals surface area contributed by atoms with Crippen molar-refractivity contribution in [3.05, 3.63) is 118 Å². The fourth-order valence-corrected chi connectivity index (χ4v) is 4.79.